The van der Waals surface area contributed by atoms with Crippen LogP contribution in [0.2, 0.25) is 0 Å². The number of benzene rings is 2. The van der Waals surface area contributed by atoms with Crippen molar-refractivity contribution in [3.63, 3.8) is 0 Å². The smallest absolute Gasteiger partial charge is 0.0538 e. The number of hydrogen-bond donors (Lipinski definition) is 1. The molecule has 2 N–H and O–H groups in total. The molecule has 72 valence electrons. The molecule has 0 bridgehead atoms. The Morgan fingerprint density at radius 2 is 1.71 bits per heavy atom. The number of rotatable bonds is 0. The van der Waals surface area contributed by atoms with E-state index in [2.05, 4.69) is 48.0 Å². The first kappa shape index (κ1) is 9.53. The van der Waals surface area contributed by atoms with Crippen LogP contribution in [0.25, 0.3) is 10.8 Å². The number of halogens is 1. The van der Waals surface area contributed by atoms with E-state index in [1.54, 1.807) is 0 Å². The fraction of sp³-hybridized carbons (Fsp3) is 0.167. The van der Waals surface area contributed by atoms with Crippen LogP contribution in [0.1, 0.15) is 11.1 Å². The van der Waals surface area contributed by atoms with Crippen molar-refractivity contribution in [2.45, 2.75) is 13.8 Å². The summed E-state index contributed by atoms with van der Waals surface area (Å²) in [6.45, 7) is 4.22. The van der Waals surface area contributed by atoms with Gasteiger partial charge in [-0.25, -0.2) is 0 Å². The second-order valence-corrected chi connectivity index (χ2v) is 4.47. The lowest BCUT2D eigenvalue weighted by molar-refractivity contribution is 1.36. The van der Waals surface area contributed by atoms with Crippen molar-refractivity contribution in [3.05, 3.63) is 39.9 Å². The van der Waals surface area contributed by atoms with Crippen LogP contribution in [0.15, 0.2) is 28.7 Å². The molecular weight excluding hydrogens is 238 g/mol. The van der Waals surface area contributed by atoms with Gasteiger partial charge < -0.3 is 5.73 Å². The van der Waals surface area contributed by atoms with Gasteiger partial charge in [-0.1, -0.05) is 12.1 Å². The molecule has 0 radical (unpaired) electrons. The van der Waals surface area contributed by atoms with E-state index >= 15 is 0 Å². The molecule has 0 saturated heterocycles. The Kier molecular flexibility index (Phi) is 2.23. The second-order valence-electron chi connectivity index (χ2n) is 3.62. The number of fused-ring (bicyclic) bond motifs is 1. The molecular formula is C12H12BrN. The van der Waals surface area contributed by atoms with Crippen LogP contribution in [0.3, 0.4) is 0 Å². The van der Waals surface area contributed by atoms with Crippen molar-refractivity contribution in [1.29, 1.82) is 0 Å². The van der Waals surface area contributed by atoms with Gasteiger partial charge in [0.1, 0.15) is 0 Å². The summed E-state index contributed by atoms with van der Waals surface area (Å²) in [6.07, 6.45) is 0. The summed E-state index contributed by atoms with van der Waals surface area (Å²) in [5, 5.41) is 2.33. The minimum Gasteiger partial charge on any atom is -0.397 e. The molecule has 1 nitrogen and oxygen atoms in total. The maximum absolute atomic E-state index is 5.99. The lowest BCUT2D eigenvalue weighted by Crippen LogP contribution is -1.90. The third-order valence-electron chi connectivity index (χ3n) is 2.62. The molecule has 0 heterocycles. The van der Waals surface area contributed by atoms with Gasteiger partial charge in [-0.15, -0.1) is 0 Å². The molecule has 14 heavy (non-hydrogen) atoms. The lowest BCUT2D eigenvalue weighted by atomic mass is 10.0. The quantitative estimate of drug-likeness (QED) is 0.707. The minimum atomic E-state index is 0.825. The number of hydrogen-bond acceptors (Lipinski definition) is 1. The van der Waals surface area contributed by atoms with Crippen molar-refractivity contribution < 1.29 is 0 Å². The van der Waals surface area contributed by atoms with Crippen molar-refractivity contribution >= 4 is 32.4 Å². The molecule has 2 heteroatoms. The number of anilines is 1. The van der Waals surface area contributed by atoms with Crippen molar-refractivity contribution in [2.75, 3.05) is 5.73 Å². The van der Waals surface area contributed by atoms with Crippen molar-refractivity contribution in [2.24, 2.45) is 0 Å². The van der Waals surface area contributed by atoms with Gasteiger partial charge in [0, 0.05) is 9.86 Å². The molecule has 2 aromatic carbocycles. The molecule has 0 aliphatic heterocycles. The van der Waals surface area contributed by atoms with Gasteiger partial charge in [0.15, 0.2) is 0 Å². The maximum Gasteiger partial charge on any atom is 0.0538 e. The largest absolute Gasteiger partial charge is 0.397 e. The summed E-state index contributed by atoms with van der Waals surface area (Å²) >= 11 is 3.43. The van der Waals surface area contributed by atoms with Crippen LogP contribution in [0.5, 0.6) is 0 Å². The van der Waals surface area contributed by atoms with E-state index in [1.807, 2.05) is 6.07 Å². The first-order valence-corrected chi connectivity index (χ1v) is 5.34. The van der Waals surface area contributed by atoms with Crippen LogP contribution in [-0.4, -0.2) is 0 Å². The molecule has 0 aromatic heterocycles. The van der Waals surface area contributed by atoms with Crippen LogP contribution in [0.4, 0.5) is 5.69 Å². The topological polar surface area (TPSA) is 26.0 Å². The Balaban J connectivity index is 2.89. The average molecular weight is 250 g/mol. The fourth-order valence-corrected chi connectivity index (χ4v) is 1.94. The summed E-state index contributed by atoms with van der Waals surface area (Å²) in [5.41, 5.74) is 9.40. The highest BCUT2D eigenvalue weighted by atomic mass is 79.9. The van der Waals surface area contributed by atoms with E-state index in [-0.39, 0.29) is 0 Å². The molecule has 0 amide bonds. The normalized spacial score (nSPS) is 10.8. The van der Waals surface area contributed by atoms with E-state index in [0.29, 0.717) is 0 Å². The van der Waals surface area contributed by atoms with E-state index < -0.39 is 0 Å². The standard InChI is InChI=1S/C12H12BrN/c1-7-5-9-3-4-11(13)12(14)10(9)6-8(7)2/h3-6H,14H2,1-2H3. The lowest BCUT2D eigenvalue weighted by Gasteiger charge is -2.07. The van der Waals surface area contributed by atoms with E-state index in [1.165, 1.54) is 16.5 Å². The Hall–Kier alpha value is -1.02. The number of nitrogen functional groups attached to an aromatic ring is 1. The van der Waals surface area contributed by atoms with Crippen LogP contribution >= 0.6 is 15.9 Å². The highest BCUT2D eigenvalue weighted by molar-refractivity contribution is 9.10. The van der Waals surface area contributed by atoms with E-state index in [4.69, 9.17) is 5.73 Å². The monoisotopic (exact) mass is 249 g/mol. The third-order valence-corrected chi connectivity index (χ3v) is 3.31. The van der Waals surface area contributed by atoms with Crippen LogP contribution < -0.4 is 5.73 Å². The first-order chi connectivity index (χ1) is 6.59. The summed E-state index contributed by atoms with van der Waals surface area (Å²) in [5.74, 6) is 0. The van der Waals surface area contributed by atoms with Crippen molar-refractivity contribution in [1.82, 2.24) is 0 Å². The average Bonchev–Trinajstić information content (AvgIpc) is 2.15. The van der Waals surface area contributed by atoms with E-state index in [0.717, 1.165) is 15.5 Å². The zero-order chi connectivity index (χ0) is 10.3. The fourth-order valence-electron chi connectivity index (χ4n) is 1.59. The zero-order valence-electron chi connectivity index (χ0n) is 8.26. The van der Waals surface area contributed by atoms with E-state index in [9.17, 15) is 0 Å². The summed E-state index contributed by atoms with van der Waals surface area (Å²) in [7, 11) is 0. The molecule has 0 aliphatic rings. The van der Waals surface area contributed by atoms with Gasteiger partial charge in [-0.3, -0.25) is 0 Å². The highest BCUT2D eigenvalue weighted by Gasteiger charge is 2.03. The van der Waals surface area contributed by atoms with Crippen LogP contribution in [-0.2, 0) is 0 Å². The summed E-state index contributed by atoms with van der Waals surface area (Å²) in [6, 6.07) is 8.40. The Morgan fingerprint density at radius 3 is 2.43 bits per heavy atom. The Labute approximate surface area is 92.1 Å². The molecule has 2 aromatic rings. The van der Waals surface area contributed by atoms with Gasteiger partial charge in [0.25, 0.3) is 0 Å². The predicted octanol–water partition coefficient (Wildman–Crippen LogP) is 3.80. The SMILES string of the molecule is Cc1cc2ccc(Br)c(N)c2cc1C. The molecule has 0 atom stereocenters. The minimum absolute atomic E-state index is 0.825. The predicted molar refractivity (Wildman–Crippen MR) is 65.5 cm³/mol. The molecule has 0 unspecified atom stereocenters. The molecule has 0 aliphatic carbocycles. The van der Waals surface area contributed by atoms with Gasteiger partial charge in [-0.05, 0) is 58.4 Å². The first-order valence-electron chi connectivity index (χ1n) is 4.54. The number of nitrogens with two attached hydrogens (primary N) is 1. The highest BCUT2D eigenvalue weighted by Crippen LogP contribution is 2.30. The van der Waals surface area contributed by atoms with Gasteiger partial charge >= 0.3 is 0 Å². The third kappa shape index (κ3) is 1.40. The Bertz CT molecular complexity index is 503. The Morgan fingerprint density at radius 1 is 1.07 bits per heavy atom. The van der Waals surface area contributed by atoms with Gasteiger partial charge in [0.05, 0.1) is 5.69 Å². The van der Waals surface area contributed by atoms with Gasteiger partial charge in [0.2, 0.25) is 0 Å². The molecule has 2 rings (SSSR count). The van der Waals surface area contributed by atoms with Gasteiger partial charge in [-0.2, -0.15) is 0 Å². The zero-order valence-corrected chi connectivity index (χ0v) is 9.85. The van der Waals surface area contributed by atoms with Crippen molar-refractivity contribution in [3.8, 4) is 0 Å². The van der Waals surface area contributed by atoms with Crippen LogP contribution in [0, 0.1) is 13.8 Å². The molecule has 0 spiro atoms. The maximum atomic E-state index is 5.99. The summed E-state index contributed by atoms with van der Waals surface area (Å²) in [4.78, 5) is 0. The number of aryl methyl sites for hydroxylation is 2. The molecule has 0 saturated carbocycles. The molecule has 0 fully saturated rings. The second kappa shape index (κ2) is 3.28. The summed E-state index contributed by atoms with van der Waals surface area (Å²) < 4.78 is 0.966.